The minimum atomic E-state index is -0.178. The molecule has 2 N–H and O–H groups in total. The summed E-state index contributed by atoms with van der Waals surface area (Å²) in [6.45, 7) is 4.66. The highest BCUT2D eigenvalue weighted by atomic mass is 35.5. The molecule has 0 saturated carbocycles. The van der Waals surface area contributed by atoms with E-state index in [-0.39, 0.29) is 11.8 Å². The number of rotatable bonds is 7. The van der Waals surface area contributed by atoms with Crippen molar-refractivity contribution in [2.24, 2.45) is 5.92 Å². The second-order valence-corrected chi connectivity index (χ2v) is 6.76. The molecule has 0 spiro atoms. The fourth-order valence-electron chi connectivity index (χ4n) is 2.30. The summed E-state index contributed by atoms with van der Waals surface area (Å²) in [5.41, 5.74) is 2.05. The molecule has 2 aromatic carbocycles. The number of benzene rings is 2. The maximum absolute atomic E-state index is 12.3. The number of para-hydroxylation sites is 1. The molecule has 2 aromatic rings. The van der Waals surface area contributed by atoms with Crippen LogP contribution in [-0.4, -0.2) is 18.4 Å². The number of carbonyl (C=O) groups excluding carboxylic acids is 2. The van der Waals surface area contributed by atoms with Crippen molar-refractivity contribution >= 4 is 29.1 Å². The van der Waals surface area contributed by atoms with E-state index in [9.17, 15) is 9.59 Å². The third-order valence-corrected chi connectivity index (χ3v) is 3.92. The third kappa shape index (κ3) is 6.24. The Hall–Kier alpha value is -2.33. The first-order valence-corrected chi connectivity index (χ1v) is 8.75. The van der Waals surface area contributed by atoms with Crippen LogP contribution in [0.4, 0.5) is 5.69 Å². The molecule has 25 heavy (non-hydrogen) atoms. The smallest absolute Gasteiger partial charge is 0.253 e. The molecule has 0 fully saturated rings. The SMILES string of the molecule is CC(C)CNC(=O)c1ccccc1NC(=O)CCc1ccc(Cl)cc1. The zero-order chi connectivity index (χ0) is 18.2. The molecular formula is C20H23ClN2O2. The van der Waals surface area contributed by atoms with Crippen LogP contribution in [0.2, 0.25) is 5.02 Å². The lowest BCUT2D eigenvalue weighted by Gasteiger charge is -2.12. The molecule has 0 radical (unpaired) electrons. The Bertz CT molecular complexity index is 727. The second kappa shape index (κ2) is 9.23. The van der Waals surface area contributed by atoms with Crippen LogP contribution in [0.15, 0.2) is 48.5 Å². The van der Waals surface area contributed by atoms with Crippen LogP contribution in [0.3, 0.4) is 0 Å². The lowest BCUT2D eigenvalue weighted by atomic mass is 10.1. The normalized spacial score (nSPS) is 10.6. The van der Waals surface area contributed by atoms with Crippen LogP contribution in [0.1, 0.15) is 36.2 Å². The van der Waals surface area contributed by atoms with Gasteiger partial charge in [0.1, 0.15) is 0 Å². The van der Waals surface area contributed by atoms with Gasteiger partial charge in [0.25, 0.3) is 5.91 Å². The van der Waals surface area contributed by atoms with Gasteiger partial charge in [-0.2, -0.15) is 0 Å². The van der Waals surface area contributed by atoms with E-state index < -0.39 is 0 Å². The summed E-state index contributed by atoms with van der Waals surface area (Å²) in [5, 5.41) is 6.38. The molecule has 0 aromatic heterocycles. The Kier molecular flexibility index (Phi) is 7.02. The fraction of sp³-hybridized carbons (Fsp3) is 0.300. The number of aryl methyl sites for hydroxylation is 1. The minimum absolute atomic E-state index is 0.126. The van der Waals surface area contributed by atoms with E-state index in [0.29, 0.717) is 41.6 Å². The van der Waals surface area contributed by atoms with Gasteiger partial charge in [0.2, 0.25) is 5.91 Å². The first-order chi connectivity index (χ1) is 12.0. The van der Waals surface area contributed by atoms with E-state index in [1.165, 1.54) is 0 Å². The maximum Gasteiger partial charge on any atom is 0.253 e. The maximum atomic E-state index is 12.3. The van der Waals surface area contributed by atoms with Gasteiger partial charge in [-0.05, 0) is 42.2 Å². The van der Waals surface area contributed by atoms with Crippen molar-refractivity contribution in [3.05, 3.63) is 64.7 Å². The number of hydrogen-bond donors (Lipinski definition) is 2. The predicted molar refractivity (Wildman–Crippen MR) is 102 cm³/mol. The summed E-state index contributed by atoms with van der Waals surface area (Å²) in [4.78, 5) is 24.5. The Morgan fingerprint density at radius 3 is 2.40 bits per heavy atom. The van der Waals surface area contributed by atoms with E-state index in [4.69, 9.17) is 11.6 Å². The number of hydrogen-bond acceptors (Lipinski definition) is 2. The molecule has 132 valence electrons. The summed E-state index contributed by atoms with van der Waals surface area (Å²) in [6.07, 6.45) is 0.953. The van der Waals surface area contributed by atoms with Crippen molar-refractivity contribution in [2.45, 2.75) is 26.7 Å². The van der Waals surface area contributed by atoms with E-state index in [0.717, 1.165) is 5.56 Å². The zero-order valence-electron chi connectivity index (χ0n) is 14.5. The van der Waals surface area contributed by atoms with E-state index >= 15 is 0 Å². The molecule has 0 heterocycles. The summed E-state index contributed by atoms with van der Waals surface area (Å²) in [7, 11) is 0. The molecule has 0 aliphatic heterocycles. The molecule has 0 bridgehead atoms. The van der Waals surface area contributed by atoms with Crippen LogP contribution in [0.5, 0.6) is 0 Å². The van der Waals surface area contributed by atoms with Gasteiger partial charge in [0, 0.05) is 18.0 Å². The topological polar surface area (TPSA) is 58.2 Å². The van der Waals surface area contributed by atoms with Crippen molar-refractivity contribution in [3.8, 4) is 0 Å². The zero-order valence-corrected chi connectivity index (χ0v) is 15.3. The molecule has 0 aliphatic carbocycles. The highest BCUT2D eigenvalue weighted by Crippen LogP contribution is 2.16. The third-order valence-electron chi connectivity index (χ3n) is 3.67. The van der Waals surface area contributed by atoms with Crippen molar-refractivity contribution in [1.82, 2.24) is 5.32 Å². The van der Waals surface area contributed by atoms with Gasteiger partial charge in [-0.1, -0.05) is 49.7 Å². The van der Waals surface area contributed by atoms with Gasteiger partial charge < -0.3 is 10.6 Å². The number of halogens is 1. The predicted octanol–water partition coefficient (Wildman–Crippen LogP) is 4.30. The molecule has 5 heteroatoms. The fourth-order valence-corrected chi connectivity index (χ4v) is 2.43. The van der Waals surface area contributed by atoms with Crippen molar-refractivity contribution in [1.29, 1.82) is 0 Å². The van der Waals surface area contributed by atoms with Crippen LogP contribution < -0.4 is 10.6 Å². The summed E-state index contributed by atoms with van der Waals surface area (Å²) >= 11 is 5.86. The van der Waals surface area contributed by atoms with Crippen LogP contribution in [-0.2, 0) is 11.2 Å². The second-order valence-electron chi connectivity index (χ2n) is 6.32. The average Bonchev–Trinajstić information content (AvgIpc) is 2.59. The summed E-state index contributed by atoms with van der Waals surface area (Å²) < 4.78 is 0. The molecule has 0 atom stereocenters. The quantitative estimate of drug-likeness (QED) is 0.775. The van der Waals surface area contributed by atoms with Gasteiger partial charge in [0.05, 0.1) is 11.3 Å². The van der Waals surface area contributed by atoms with Crippen molar-refractivity contribution < 1.29 is 9.59 Å². The number of amides is 2. The average molecular weight is 359 g/mol. The summed E-state index contributed by atoms with van der Waals surface area (Å²) in [5.74, 6) is 0.0615. The number of nitrogens with one attached hydrogen (secondary N) is 2. The Labute approximate surface area is 153 Å². The lowest BCUT2D eigenvalue weighted by Crippen LogP contribution is -2.28. The Morgan fingerprint density at radius 1 is 1.04 bits per heavy atom. The largest absolute Gasteiger partial charge is 0.352 e. The van der Waals surface area contributed by atoms with Crippen LogP contribution in [0.25, 0.3) is 0 Å². The number of carbonyl (C=O) groups is 2. The van der Waals surface area contributed by atoms with E-state index in [1.54, 1.807) is 24.3 Å². The van der Waals surface area contributed by atoms with E-state index in [1.807, 2.05) is 38.1 Å². The molecule has 0 saturated heterocycles. The molecule has 0 unspecified atom stereocenters. The Morgan fingerprint density at radius 2 is 1.72 bits per heavy atom. The van der Waals surface area contributed by atoms with Crippen molar-refractivity contribution in [2.75, 3.05) is 11.9 Å². The highest BCUT2D eigenvalue weighted by molar-refractivity contribution is 6.30. The number of anilines is 1. The monoisotopic (exact) mass is 358 g/mol. The standard InChI is InChI=1S/C20H23ClN2O2/c1-14(2)13-22-20(25)17-5-3-4-6-18(17)23-19(24)12-9-15-7-10-16(21)11-8-15/h3-8,10-11,14H,9,12-13H2,1-2H3,(H,22,25)(H,23,24). The highest BCUT2D eigenvalue weighted by Gasteiger charge is 2.13. The molecule has 4 nitrogen and oxygen atoms in total. The lowest BCUT2D eigenvalue weighted by molar-refractivity contribution is -0.116. The van der Waals surface area contributed by atoms with Crippen LogP contribution >= 0.6 is 11.6 Å². The molecular weight excluding hydrogens is 336 g/mol. The molecule has 2 amide bonds. The van der Waals surface area contributed by atoms with Gasteiger partial charge in [-0.25, -0.2) is 0 Å². The Balaban J connectivity index is 1.96. The molecule has 2 rings (SSSR count). The van der Waals surface area contributed by atoms with E-state index in [2.05, 4.69) is 10.6 Å². The van der Waals surface area contributed by atoms with Crippen molar-refractivity contribution in [3.63, 3.8) is 0 Å². The molecule has 0 aliphatic rings. The van der Waals surface area contributed by atoms with Gasteiger partial charge in [-0.15, -0.1) is 0 Å². The minimum Gasteiger partial charge on any atom is -0.352 e. The van der Waals surface area contributed by atoms with Crippen LogP contribution in [0, 0.1) is 5.92 Å². The van der Waals surface area contributed by atoms with Gasteiger partial charge in [0.15, 0.2) is 0 Å². The first kappa shape index (κ1) is 19.0. The first-order valence-electron chi connectivity index (χ1n) is 8.37. The van der Waals surface area contributed by atoms with Gasteiger partial charge >= 0.3 is 0 Å². The summed E-state index contributed by atoms with van der Waals surface area (Å²) in [6, 6.07) is 14.5. The van der Waals surface area contributed by atoms with Gasteiger partial charge in [-0.3, -0.25) is 9.59 Å².